The van der Waals surface area contributed by atoms with E-state index in [4.69, 9.17) is 16.3 Å². The van der Waals surface area contributed by atoms with Crippen molar-refractivity contribution < 1.29 is 9.53 Å². The summed E-state index contributed by atoms with van der Waals surface area (Å²) in [6.45, 7) is 2.64. The topological polar surface area (TPSA) is 107 Å². The number of aromatic nitrogens is 5. The molecule has 32 heavy (non-hydrogen) atoms. The monoisotopic (exact) mass is 469 g/mol. The lowest BCUT2D eigenvalue weighted by Crippen LogP contribution is -2.22. The molecule has 5 rings (SSSR count). The summed E-state index contributed by atoms with van der Waals surface area (Å²) in [4.78, 5) is 24.2. The summed E-state index contributed by atoms with van der Waals surface area (Å²) < 4.78 is 6.02. The fourth-order valence-corrected chi connectivity index (χ4v) is 4.80. The van der Waals surface area contributed by atoms with E-state index in [1.165, 1.54) is 16.1 Å². The Morgan fingerprint density at radius 2 is 2.09 bits per heavy atom. The predicted octanol–water partition coefficient (Wildman–Crippen LogP) is 5.12. The van der Waals surface area contributed by atoms with Crippen LogP contribution in [0.25, 0.3) is 16.0 Å². The van der Waals surface area contributed by atoms with E-state index in [1.807, 2.05) is 6.92 Å². The van der Waals surface area contributed by atoms with Crippen LogP contribution in [0.3, 0.4) is 0 Å². The van der Waals surface area contributed by atoms with Gasteiger partial charge in [-0.15, -0.1) is 0 Å². The summed E-state index contributed by atoms with van der Waals surface area (Å²) in [5.41, 5.74) is 3.42. The fraction of sp³-hybridized carbons (Fsp3) is 0.286. The van der Waals surface area contributed by atoms with E-state index in [1.54, 1.807) is 36.8 Å². The van der Waals surface area contributed by atoms with Gasteiger partial charge in [0.2, 0.25) is 0 Å². The van der Waals surface area contributed by atoms with Crippen LogP contribution in [0.5, 0.6) is 0 Å². The summed E-state index contributed by atoms with van der Waals surface area (Å²) >= 11 is 7.88. The molecule has 0 radical (unpaired) electrons. The molecule has 9 nitrogen and oxygen atoms in total. The third-order valence-electron chi connectivity index (χ3n) is 5.16. The van der Waals surface area contributed by atoms with Gasteiger partial charge in [-0.25, -0.2) is 14.8 Å². The van der Waals surface area contributed by atoms with E-state index in [0.29, 0.717) is 28.7 Å². The number of benzene rings is 1. The molecule has 1 unspecified atom stereocenters. The number of anilines is 2. The van der Waals surface area contributed by atoms with Gasteiger partial charge in [0.1, 0.15) is 16.0 Å². The summed E-state index contributed by atoms with van der Waals surface area (Å²) in [5, 5.41) is 15.2. The van der Waals surface area contributed by atoms with E-state index in [9.17, 15) is 4.79 Å². The molecule has 0 spiro atoms. The van der Waals surface area contributed by atoms with Gasteiger partial charge >= 0.3 is 6.03 Å². The molecule has 11 heteroatoms. The number of carbonyl (C=O) groups excluding carboxylic acids is 1. The first-order valence-corrected chi connectivity index (χ1v) is 11.4. The maximum Gasteiger partial charge on any atom is 0.323 e. The Balaban J connectivity index is 1.39. The van der Waals surface area contributed by atoms with Gasteiger partial charge in [-0.3, -0.25) is 0 Å². The number of carbonyl (C=O) groups is 1. The number of ether oxygens (including phenoxy) is 1. The molecular weight excluding hydrogens is 450 g/mol. The molecule has 0 saturated carbocycles. The summed E-state index contributed by atoms with van der Waals surface area (Å²) in [6, 6.07) is 4.72. The van der Waals surface area contributed by atoms with Crippen LogP contribution in [0.1, 0.15) is 35.9 Å². The molecule has 4 heterocycles. The molecule has 4 aromatic rings. The lowest BCUT2D eigenvalue weighted by molar-refractivity contribution is 0.0161. The van der Waals surface area contributed by atoms with E-state index < -0.39 is 6.03 Å². The highest BCUT2D eigenvalue weighted by Gasteiger charge is 2.25. The molecule has 2 amide bonds. The first kappa shape index (κ1) is 20.8. The van der Waals surface area contributed by atoms with E-state index >= 15 is 0 Å². The van der Waals surface area contributed by atoms with Crippen molar-refractivity contribution >= 4 is 50.7 Å². The van der Waals surface area contributed by atoms with Crippen LogP contribution in [-0.4, -0.2) is 37.6 Å². The van der Waals surface area contributed by atoms with Crippen LogP contribution in [0.4, 0.5) is 16.2 Å². The first-order chi connectivity index (χ1) is 15.6. The van der Waals surface area contributed by atoms with Crippen molar-refractivity contribution in [3.63, 3.8) is 0 Å². The van der Waals surface area contributed by atoms with Gasteiger partial charge in [0.25, 0.3) is 0 Å². The summed E-state index contributed by atoms with van der Waals surface area (Å²) in [6.07, 6.45) is 7.67. The lowest BCUT2D eigenvalue weighted by atomic mass is 10.00. The zero-order chi connectivity index (χ0) is 22.1. The smallest absolute Gasteiger partial charge is 0.323 e. The zero-order valence-corrected chi connectivity index (χ0v) is 18.8. The molecule has 1 aliphatic rings. The van der Waals surface area contributed by atoms with Crippen LogP contribution in [-0.2, 0) is 4.74 Å². The SMILES string of the molecule is Cc1nc2c(C3CCCCO3)c(NC(=O)Nc3ccc(-n4nccn4)c(Cl)c3)cnc2s1. The summed E-state index contributed by atoms with van der Waals surface area (Å²) in [7, 11) is 0. The Bertz CT molecular complexity index is 1270. The molecule has 1 aromatic carbocycles. The van der Waals surface area contributed by atoms with Crippen molar-refractivity contribution in [1.29, 1.82) is 0 Å². The maximum atomic E-state index is 12.8. The third-order valence-corrected chi connectivity index (χ3v) is 6.34. The standard InChI is InChI=1S/C21H20ClN7O2S/c1-12-26-19-18(17-4-2-3-9-31-17)15(11-23-20(19)32-12)28-21(30)27-13-5-6-16(14(22)10-13)29-24-7-8-25-29/h5-8,10-11,17H,2-4,9H2,1H3,(H2,27,28,30). The van der Waals surface area contributed by atoms with Gasteiger partial charge in [-0.1, -0.05) is 22.9 Å². The lowest BCUT2D eigenvalue weighted by Gasteiger charge is -2.25. The molecule has 2 N–H and O–H groups in total. The molecule has 1 aliphatic heterocycles. The number of rotatable bonds is 4. The quantitative estimate of drug-likeness (QED) is 0.429. The van der Waals surface area contributed by atoms with E-state index in [0.717, 1.165) is 40.2 Å². The van der Waals surface area contributed by atoms with Gasteiger partial charge in [-0.2, -0.15) is 15.0 Å². The molecule has 0 aliphatic carbocycles. The van der Waals surface area contributed by atoms with Gasteiger partial charge in [0.05, 0.1) is 40.4 Å². The Hall–Kier alpha value is -3.08. The Kier molecular flexibility index (Phi) is 5.73. The number of aryl methyl sites for hydroxylation is 1. The predicted molar refractivity (Wildman–Crippen MR) is 124 cm³/mol. The zero-order valence-electron chi connectivity index (χ0n) is 17.2. The average Bonchev–Trinajstić information content (AvgIpc) is 3.43. The molecular formula is C21H20ClN7O2S. The minimum atomic E-state index is -0.406. The number of hydrogen-bond acceptors (Lipinski definition) is 7. The number of fused-ring (bicyclic) bond motifs is 1. The van der Waals surface area contributed by atoms with Crippen LogP contribution >= 0.6 is 22.9 Å². The largest absolute Gasteiger partial charge is 0.373 e. The maximum absolute atomic E-state index is 12.8. The van der Waals surface area contributed by atoms with Crippen molar-refractivity contribution in [2.24, 2.45) is 0 Å². The van der Waals surface area contributed by atoms with Crippen molar-refractivity contribution in [3.8, 4) is 5.69 Å². The summed E-state index contributed by atoms with van der Waals surface area (Å²) in [5.74, 6) is 0. The van der Waals surface area contributed by atoms with Gasteiger partial charge in [-0.05, 0) is 44.4 Å². The Morgan fingerprint density at radius 1 is 1.25 bits per heavy atom. The third kappa shape index (κ3) is 4.16. The Labute approximate surface area is 192 Å². The minimum Gasteiger partial charge on any atom is -0.373 e. The van der Waals surface area contributed by atoms with Crippen molar-refractivity contribution in [3.05, 3.63) is 52.4 Å². The molecule has 1 saturated heterocycles. The van der Waals surface area contributed by atoms with Crippen molar-refractivity contribution in [2.45, 2.75) is 32.3 Å². The molecule has 1 atom stereocenters. The molecule has 1 fully saturated rings. The van der Waals surface area contributed by atoms with Crippen molar-refractivity contribution in [1.82, 2.24) is 25.0 Å². The highest BCUT2D eigenvalue weighted by Crippen LogP contribution is 2.38. The number of pyridine rings is 1. The average molecular weight is 470 g/mol. The highest BCUT2D eigenvalue weighted by molar-refractivity contribution is 7.18. The van der Waals surface area contributed by atoms with Crippen molar-refractivity contribution in [2.75, 3.05) is 17.2 Å². The normalized spacial score (nSPS) is 16.2. The molecule has 3 aromatic heterocycles. The van der Waals surface area contributed by atoms with Gasteiger partial charge in [0.15, 0.2) is 0 Å². The van der Waals surface area contributed by atoms with Crippen LogP contribution in [0.2, 0.25) is 5.02 Å². The number of amides is 2. The number of hydrogen-bond donors (Lipinski definition) is 2. The van der Waals surface area contributed by atoms with Crippen LogP contribution in [0.15, 0.2) is 36.8 Å². The number of nitrogens with one attached hydrogen (secondary N) is 2. The number of thiazole rings is 1. The number of urea groups is 1. The van der Waals surface area contributed by atoms with E-state index in [-0.39, 0.29) is 6.10 Å². The van der Waals surface area contributed by atoms with Gasteiger partial charge in [0, 0.05) is 17.9 Å². The minimum absolute atomic E-state index is 0.124. The van der Waals surface area contributed by atoms with Crippen LogP contribution < -0.4 is 10.6 Å². The second-order valence-corrected chi connectivity index (χ2v) is 8.98. The van der Waals surface area contributed by atoms with E-state index in [2.05, 4.69) is 30.8 Å². The molecule has 0 bridgehead atoms. The highest BCUT2D eigenvalue weighted by atomic mass is 35.5. The first-order valence-electron chi connectivity index (χ1n) is 10.2. The van der Waals surface area contributed by atoms with Crippen LogP contribution in [0, 0.1) is 6.92 Å². The fourth-order valence-electron chi connectivity index (χ4n) is 3.77. The number of nitrogens with zero attached hydrogens (tertiary/aromatic N) is 5. The molecule has 164 valence electrons. The second-order valence-electron chi connectivity index (χ2n) is 7.39. The second kappa shape index (κ2) is 8.81. The Morgan fingerprint density at radius 3 is 2.84 bits per heavy atom. The van der Waals surface area contributed by atoms with Gasteiger partial charge < -0.3 is 15.4 Å². The number of halogens is 1.